The highest BCUT2D eigenvalue weighted by molar-refractivity contribution is 7.98. The van der Waals surface area contributed by atoms with Crippen LogP contribution in [0.3, 0.4) is 0 Å². The molecular weight excluding hydrogens is 412 g/mol. The van der Waals surface area contributed by atoms with Gasteiger partial charge in [0.1, 0.15) is 6.54 Å². The van der Waals surface area contributed by atoms with Crippen molar-refractivity contribution in [1.82, 2.24) is 15.5 Å². The van der Waals surface area contributed by atoms with Crippen molar-refractivity contribution < 1.29 is 17.7 Å². The molecule has 8 nitrogen and oxygen atoms in total. The zero-order valence-corrected chi connectivity index (χ0v) is 17.5. The molecule has 3 aromatic rings. The van der Waals surface area contributed by atoms with Gasteiger partial charge in [0.2, 0.25) is 27.6 Å². The van der Waals surface area contributed by atoms with Gasteiger partial charge in [-0.25, -0.2) is 8.42 Å². The Labute approximate surface area is 173 Å². The highest BCUT2D eigenvalue weighted by atomic mass is 32.2. The van der Waals surface area contributed by atoms with Gasteiger partial charge in [0.05, 0.1) is 18.5 Å². The van der Waals surface area contributed by atoms with E-state index in [4.69, 9.17) is 4.52 Å². The van der Waals surface area contributed by atoms with Crippen LogP contribution in [0.1, 0.15) is 5.89 Å². The molecule has 0 atom stereocenters. The van der Waals surface area contributed by atoms with Crippen LogP contribution < -0.4 is 9.62 Å². The topological polar surface area (TPSA) is 105 Å². The Balaban J connectivity index is 1.66. The number of hydrogen-bond donors (Lipinski definition) is 1. The number of benzene rings is 2. The Kier molecular flexibility index (Phi) is 6.55. The van der Waals surface area contributed by atoms with Crippen molar-refractivity contribution in [3.8, 4) is 11.4 Å². The third-order valence-electron chi connectivity index (χ3n) is 3.97. The van der Waals surface area contributed by atoms with Crippen LogP contribution in [-0.2, 0) is 21.4 Å². The Hall–Kier alpha value is -2.85. The van der Waals surface area contributed by atoms with E-state index < -0.39 is 15.9 Å². The van der Waals surface area contributed by atoms with Gasteiger partial charge in [-0.05, 0) is 24.5 Å². The van der Waals surface area contributed by atoms with Gasteiger partial charge in [-0.3, -0.25) is 9.10 Å². The fraction of sp³-hybridized carbons (Fsp3) is 0.211. The fourth-order valence-electron chi connectivity index (χ4n) is 2.56. The minimum Gasteiger partial charge on any atom is -0.345 e. The smallest absolute Gasteiger partial charge is 0.246 e. The van der Waals surface area contributed by atoms with Gasteiger partial charge in [0, 0.05) is 10.5 Å². The second-order valence-electron chi connectivity index (χ2n) is 6.13. The molecule has 0 saturated carbocycles. The van der Waals surface area contributed by atoms with E-state index in [2.05, 4.69) is 15.5 Å². The van der Waals surface area contributed by atoms with Gasteiger partial charge in [-0.15, -0.1) is 11.8 Å². The monoisotopic (exact) mass is 432 g/mol. The van der Waals surface area contributed by atoms with Crippen LogP contribution in [0.4, 0.5) is 5.69 Å². The van der Waals surface area contributed by atoms with Gasteiger partial charge in [0.25, 0.3) is 0 Å². The van der Waals surface area contributed by atoms with Crippen LogP contribution in [0.5, 0.6) is 0 Å². The van der Waals surface area contributed by atoms with Crippen molar-refractivity contribution in [3.63, 3.8) is 0 Å². The molecule has 29 heavy (non-hydrogen) atoms. The molecule has 0 radical (unpaired) electrons. The summed E-state index contributed by atoms with van der Waals surface area (Å²) in [6.45, 7) is -0.350. The molecule has 0 aliphatic heterocycles. The molecule has 10 heteroatoms. The van der Waals surface area contributed by atoms with E-state index >= 15 is 0 Å². The number of nitrogens with zero attached hydrogens (tertiary/aromatic N) is 3. The lowest BCUT2D eigenvalue weighted by molar-refractivity contribution is -0.119. The minimum absolute atomic E-state index is 0.00111. The maximum atomic E-state index is 12.4. The zero-order valence-electron chi connectivity index (χ0n) is 15.9. The van der Waals surface area contributed by atoms with Crippen molar-refractivity contribution in [2.45, 2.75) is 11.4 Å². The molecule has 0 bridgehead atoms. The standard InChI is InChI=1S/C19H20N4O4S2/c1-28-16-10-6-9-15(11-16)23(29(2,25)26)13-17(24)20-12-18-21-19(22-27-18)14-7-4-3-5-8-14/h3-11H,12-13H2,1-2H3,(H,20,24). The van der Waals surface area contributed by atoms with Crippen LogP contribution in [0, 0.1) is 0 Å². The maximum absolute atomic E-state index is 12.4. The largest absolute Gasteiger partial charge is 0.345 e. The maximum Gasteiger partial charge on any atom is 0.246 e. The summed E-state index contributed by atoms with van der Waals surface area (Å²) in [5, 5.41) is 6.50. The van der Waals surface area contributed by atoms with Crippen molar-refractivity contribution in [2.75, 3.05) is 23.4 Å². The highest BCUT2D eigenvalue weighted by Gasteiger charge is 2.21. The average molecular weight is 433 g/mol. The van der Waals surface area contributed by atoms with E-state index in [0.717, 1.165) is 21.0 Å². The van der Waals surface area contributed by atoms with Gasteiger partial charge in [-0.2, -0.15) is 4.98 Å². The van der Waals surface area contributed by atoms with Crippen molar-refractivity contribution in [2.24, 2.45) is 0 Å². The lowest BCUT2D eigenvalue weighted by atomic mass is 10.2. The summed E-state index contributed by atoms with van der Waals surface area (Å²) >= 11 is 1.49. The summed E-state index contributed by atoms with van der Waals surface area (Å²) in [6.07, 6.45) is 2.96. The summed E-state index contributed by atoms with van der Waals surface area (Å²) in [5.74, 6) is 0.165. The van der Waals surface area contributed by atoms with Gasteiger partial charge >= 0.3 is 0 Å². The summed E-state index contributed by atoms with van der Waals surface area (Å²) in [5.41, 5.74) is 1.23. The molecule has 0 saturated heterocycles. The highest BCUT2D eigenvalue weighted by Crippen LogP contribution is 2.23. The number of amides is 1. The van der Waals surface area contributed by atoms with Crippen molar-refractivity contribution >= 4 is 33.4 Å². The quantitative estimate of drug-likeness (QED) is 0.545. The van der Waals surface area contributed by atoms with Gasteiger partial charge in [0.15, 0.2) is 0 Å². The van der Waals surface area contributed by atoms with Crippen molar-refractivity contribution in [1.29, 1.82) is 0 Å². The molecule has 3 rings (SSSR count). The average Bonchev–Trinajstić information content (AvgIpc) is 3.19. The number of thioether (sulfide) groups is 1. The predicted molar refractivity (Wildman–Crippen MR) is 112 cm³/mol. The zero-order chi connectivity index (χ0) is 20.9. The number of rotatable bonds is 8. The van der Waals surface area contributed by atoms with Crippen LogP contribution in [0.2, 0.25) is 0 Å². The third kappa shape index (κ3) is 5.58. The number of aromatic nitrogens is 2. The molecular formula is C19H20N4O4S2. The number of sulfonamides is 1. The molecule has 2 aromatic carbocycles. The van der Waals surface area contributed by atoms with E-state index in [1.165, 1.54) is 11.8 Å². The summed E-state index contributed by atoms with van der Waals surface area (Å²) in [7, 11) is -3.64. The van der Waals surface area contributed by atoms with E-state index in [0.29, 0.717) is 11.5 Å². The third-order valence-corrected chi connectivity index (χ3v) is 5.83. The first-order chi connectivity index (χ1) is 13.9. The molecule has 1 heterocycles. The molecule has 152 valence electrons. The SMILES string of the molecule is CSc1cccc(N(CC(=O)NCc2nc(-c3ccccc3)no2)S(C)(=O)=O)c1. The molecule has 0 aliphatic carbocycles. The molecule has 0 fully saturated rings. The molecule has 1 N–H and O–H groups in total. The van der Waals surface area contributed by atoms with Crippen LogP contribution >= 0.6 is 11.8 Å². The molecule has 1 aromatic heterocycles. The first kappa shape index (κ1) is 20.9. The normalized spacial score (nSPS) is 11.2. The van der Waals surface area contributed by atoms with Crippen molar-refractivity contribution in [3.05, 3.63) is 60.5 Å². The van der Waals surface area contributed by atoms with Gasteiger partial charge in [-0.1, -0.05) is 41.6 Å². The van der Waals surface area contributed by atoms with E-state index in [1.807, 2.05) is 42.7 Å². The van der Waals surface area contributed by atoms with Crippen LogP contribution in [0.25, 0.3) is 11.4 Å². The minimum atomic E-state index is -3.64. The lowest BCUT2D eigenvalue weighted by Crippen LogP contribution is -2.40. The predicted octanol–water partition coefficient (Wildman–Crippen LogP) is 2.54. The molecule has 0 aliphatic rings. The van der Waals surface area contributed by atoms with E-state index in [1.54, 1.807) is 18.2 Å². The second kappa shape index (κ2) is 9.10. The van der Waals surface area contributed by atoms with E-state index in [9.17, 15) is 13.2 Å². The number of carbonyl (C=O) groups is 1. The number of anilines is 1. The number of carbonyl (C=O) groups excluding carboxylic acids is 1. The Morgan fingerprint density at radius 2 is 1.93 bits per heavy atom. The Morgan fingerprint density at radius 3 is 2.62 bits per heavy atom. The first-order valence-corrected chi connectivity index (χ1v) is 11.7. The Morgan fingerprint density at radius 1 is 1.17 bits per heavy atom. The second-order valence-corrected chi connectivity index (χ2v) is 8.91. The Bertz CT molecular complexity index is 1080. The summed E-state index contributed by atoms with van der Waals surface area (Å²) in [4.78, 5) is 17.5. The van der Waals surface area contributed by atoms with Crippen LogP contribution in [0.15, 0.2) is 64.0 Å². The van der Waals surface area contributed by atoms with E-state index in [-0.39, 0.29) is 19.0 Å². The summed E-state index contributed by atoms with van der Waals surface area (Å²) < 4.78 is 30.6. The fourth-order valence-corrected chi connectivity index (χ4v) is 3.86. The number of hydrogen-bond acceptors (Lipinski definition) is 7. The summed E-state index contributed by atoms with van der Waals surface area (Å²) in [6, 6.07) is 16.3. The lowest BCUT2D eigenvalue weighted by Gasteiger charge is -2.22. The molecule has 1 amide bonds. The molecule has 0 spiro atoms. The number of nitrogens with one attached hydrogen (secondary N) is 1. The first-order valence-electron chi connectivity index (χ1n) is 8.63. The van der Waals surface area contributed by atoms with Crippen LogP contribution in [-0.4, -0.2) is 43.5 Å². The van der Waals surface area contributed by atoms with Gasteiger partial charge < -0.3 is 9.84 Å². The molecule has 0 unspecified atom stereocenters.